The van der Waals surface area contributed by atoms with Gasteiger partial charge in [-0.25, -0.2) is 0 Å². The van der Waals surface area contributed by atoms with E-state index in [1.165, 1.54) is 5.56 Å². The normalized spacial score (nSPS) is 10.8. The largest absolute Gasteiger partial charge is 0.330 e. The number of aromatic nitrogens is 3. The van der Waals surface area contributed by atoms with Crippen LogP contribution >= 0.6 is 11.8 Å². The van der Waals surface area contributed by atoms with Crippen molar-refractivity contribution in [1.82, 2.24) is 14.8 Å². The molecule has 0 fully saturated rings. The predicted molar refractivity (Wildman–Crippen MR) is 75.6 cm³/mol. The fourth-order valence-electron chi connectivity index (χ4n) is 1.72. The van der Waals surface area contributed by atoms with Gasteiger partial charge in [0, 0.05) is 18.4 Å². The van der Waals surface area contributed by atoms with E-state index >= 15 is 0 Å². The molecule has 0 unspecified atom stereocenters. The van der Waals surface area contributed by atoms with Gasteiger partial charge in [0.25, 0.3) is 0 Å². The number of benzene rings is 1. The van der Waals surface area contributed by atoms with E-state index in [1.54, 1.807) is 11.8 Å². The molecule has 2 rings (SSSR count). The van der Waals surface area contributed by atoms with Gasteiger partial charge >= 0.3 is 0 Å². The van der Waals surface area contributed by atoms with Gasteiger partial charge < -0.3 is 10.3 Å². The van der Waals surface area contributed by atoms with Crippen LogP contribution in [0, 0.1) is 6.92 Å². The Morgan fingerprint density at radius 3 is 2.89 bits per heavy atom. The Morgan fingerprint density at radius 2 is 2.17 bits per heavy atom. The molecule has 0 aliphatic carbocycles. The Morgan fingerprint density at radius 1 is 1.33 bits per heavy atom. The quantitative estimate of drug-likeness (QED) is 0.663. The molecular formula is C13H18N4S. The lowest BCUT2D eigenvalue weighted by Gasteiger charge is -2.04. The molecule has 0 radical (unpaired) electrons. The molecule has 0 aliphatic rings. The molecule has 2 N–H and O–H groups in total. The molecule has 18 heavy (non-hydrogen) atoms. The van der Waals surface area contributed by atoms with E-state index in [1.807, 2.05) is 17.7 Å². The first-order valence-corrected chi connectivity index (χ1v) is 7.00. The Bertz CT molecular complexity index is 521. The van der Waals surface area contributed by atoms with Gasteiger partial charge in [0.15, 0.2) is 11.0 Å². The predicted octanol–water partition coefficient (Wildman–Crippen LogP) is 2.23. The number of hydrogen-bond donors (Lipinski definition) is 1. The van der Waals surface area contributed by atoms with Crippen molar-refractivity contribution in [3.8, 4) is 11.4 Å². The Kier molecular flexibility index (Phi) is 4.38. The van der Waals surface area contributed by atoms with Gasteiger partial charge in [-0.15, -0.1) is 10.2 Å². The second kappa shape index (κ2) is 6.02. The fourth-order valence-corrected chi connectivity index (χ4v) is 2.60. The van der Waals surface area contributed by atoms with Gasteiger partial charge in [0.2, 0.25) is 0 Å². The van der Waals surface area contributed by atoms with Crippen molar-refractivity contribution in [2.45, 2.75) is 18.5 Å². The summed E-state index contributed by atoms with van der Waals surface area (Å²) in [6.07, 6.45) is 0.997. The molecule has 0 amide bonds. The molecule has 1 aromatic heterocycles. The second-order valence-corrected chi connectivity index (χ2v) is 5.29. The Balaban J connectivity index is 2.20. The van der Waals surface area contributed by atoms with Crippen molar-refractivity contribution >= 4 is 11.8 Å². The van der Waals surface area contributed by atoms with E-state index < -0.39 is 0 Å². The van der Waals surface area contributed by atoms with Gasteiger partial charge in [0.05, 0.1) is 0 Å². The lowest BCUT2D eigenvalue weighted by molar-refractivity contribution is 0.791. The van der Waals surface area contributed by atoms with E-state index in [4.69, 9.17) is 5.73 Å². The molecule has 0 spiro atoms. The summed E-state index contributed by atoms with van der Waals surface area (Å²) in [6, 6.07) is 8.31. The van der Waals surface area contributed by atoms with Gasteiger partial charge in [-0.2, -0.15) is 0 Å². The maximum Gasteiger partial charge on any atom is 0.191 e. The lowest BCUT2D eigenvalue weighted by atomic mass is 10.1. The minimum Gasteiger partial charge on any atom is -0.330 e. The van der Waals surface area contributed by atoms with Crippen LogP contribution in [0.4, 0.5) is 0 Å². The number of nitrogens with zero attached hydrogens (tertiary/aromatic N) is 3. The first kappa shape index (κ1) is 13.1. The van der Waals surface area contributed by atoms with Crippen molar-refractivity contribution < 1.29 is 0 Å². The van der Waals surface area contributed by atoms with Crippen LogP contribution in [-0.4, -0.2) is 27.1 Å². The zero-order valence-electron chi connectivity index (χ0n) is 10.8. The molecule has 1 heterocycles. The first-order valence-electron chi connectivity index (χ1n) is 6.01. The highest BCUT2D eigenvalue weighted by molar-refractivity contribution is 7.99. The maximum absolute atomic E-state index is 5.49. The van der Waals surface area contributed by atoms with Gasteiger partial charge in [-0.1, -0.05) is 35.5 Å². The maximum atomic E-state index is 5.49. The Labute approximate surface area is 112 Å². The van der Waals surface area contributed by atoms with Crippen molar-refractivity contribution in [2.75, 3.05) is 12.3 Å². The van der Waals surface area contributed by atoms with Crippen LogP contribution in [0.15, 0.2) is 29.4 Å². The van der Waals surface area contributed by atoms with Crippen molar-refractivity contribution in [1.29, 1.82) is 0 Å². The topological polar surface area (TPSA) is 56.7 Å². The zero-order valence-corrected chi connectivity index (χ0v) is 11.6. The van der Waals surface area contributed by atoms with Crippen LogP contribution in [0.3, 0.4) is 0 Å². The fraction of sp³-hybridized carbons (Fsp3) is 0.385. The van der Waals surface area contributed by atoms with Crippen LogP contribution in [0.25, 0.3) is 11.4 Å². The van der Waals surface area contributed by atoms with Gasteiger partial charge in [-0.3, -0.25) is 0 Å². The highest BCUT2D eigenvalue weighted by Crippen LogP contribution is 2.23. The smallest absolute Gasteiger partial charge is 0.191 e. The van der Waals surface area contributed by atoms with E-state index in [-0.39, 0.29) is 0 Å². The van der Waals surface area contributed by atoms with Crippen LogP contribution in [0.5, 0.6) is 0 Å². The summed E-state index contributed by atoms with van der Waals surface area (Å²) in [7, 11) is 2.00. The molecule has 0 saturated carbocycles. The second-order valence-electron chi connectivity index (χ2n) is 4.23. The van der Waals surface area contributed by atoms with E-state index in [0.717, 1.165) is 35.3 Å². The van der Waals surface area contributed by atoms with E-state index in [9.17, 15) is 0 Å². The molecule has 4 nitrogen and oxygen atoms in total. The molecule has 96 valence electrons. The van der Waals surface area contributed by atoms with Gasteiger partial charge in [-0.05, 0) is 26.0 Å². The SMILES string of the molecule is Cc1cccc(-c2nnc(SCCCN)n2C)c1. The highest BCUT2D eigenvalue weighted by Gasteiger charge is 2.10. The zero-order chi connectivity index (χ0) is 13.0. The Hall–Kier alpha value is -1.33. The molecule has 0 bridgehead atoms. The van der Waals surface area contributed by atoms with Crippen molar-refractivity contribution in [3.63, 3.8) is 0 Å². The monoisotopic (exact) mass is 262 g/mol. The third-order valence-corrected chi connectivity index (χ3v) is 3.80. The van der Waals surface area contributed by atoms with Gasteiger partial charge in [0.1, 0.15) is 0 Å². The standard InChI is InChI=1S/C13H18N4S/c1-10-5-3-6-11(9-10)12-15-16-13(17(12)2)18-8-4-7-14/h3,5-6,9H,4,7-8,14H2,1-2H3. The number of aryl methyl sites for hydroxylation is 1. The number of hydrogen-bond acceptors (Lipinski definition) is 4. The van der Waals surface area contributed by atoms with Crippen molar-refractivity contribution in [2.24, 2.45) is 12.8 Å². The first-order chi connectivity index (χ1) is 8.72. The number of rotatable bonds is 5. The van der Waals surface area contributed by atoms with Crippen molar-refractivity contribution in [3.05, 3.63) is 29.8 Å². The third kappa shape index (κ3) is 2.91. The summed E-state index contributed by atoms with van der Waals surface area (Å²) < 4.78 is 2.04. The highest BCUT2D eigenvalue weighted by atomic mass is 32.2. The summed E-state index contributed by atoms with van der Waals surface area (Å²) in [4.78, 5) is 0. The summed E-state index contributed by atoms with van der Waals surface area (Å²) in [5.74, 6) is 1.89. The average molecular weight is 262 g/mol. The summed E-state index contributed by atoms with van der Waals surface area (Å²) in [6.45, 7) is 2.80. The third-order valence-electron chi connectivity index (χ3n) is 2.69. The minimum atomic E-state index is 0.718. The molecule has 5 heteroatoms. The number of thioether (sulfide) groups is 1. The average Bonchev–Trinajstić information content (AvgIpc) is 2.72. The van der Waals surface area contributed by atoms with Crippen LogP contribution in [-0.2, 0) is 7.05 Å². The van der Waals surface area contributed by atoms with E-state index in [2.05, 4.69) is 35.3 Å². The molecule has 0 saturated heterocycles. The summed E-state index contributed by atoms with van der Waals surface area (Å²) >= 11 is 1.70. The number of nitrogens with two attached hydrogens (primary N) is 1. The molecule has 1 aromatic carbocycles. The molecule has 0 aliphatic heterocycles. The van der Waals surface area contributed by atoms with Crippen LogP contribution < -0.4 is 5.73 Å². The summed E-state index contributed by atoms with van der Waals surface area (Å²) in [5, 5.41) is 9.44. The minimum absolute atomic E-state index is 0.718. The summed E-state index contributed by atoms with van der Waals surface area (Å²) in [5.41, 5.74) is 7.82. The van der Waals surface area contributed by atoms with E-state index in [0.29, 0.717) is 0 Å². The molecule has 0 atom stereocenters. The van der Waals surface area contributed by atoms with Crippen LogP contribution in [0.1, 0.15) is 12.0 Å². The molecule has 2 aromatic rings. The molecular weight excluding hydrogens is 244 g/mol. The van der Waals surface area contributed by atoms with Crippen LogP contribution in [0.2, 0.25) is 0 Å². The lowest BCUT2D eigenvalue weighted by Crippen LogP contribution is -2.00.